The summed E-state index contributed by atoms with van der Waals surface area (Å²) in [6, 6.07) is 22.1. The SMILES string of the molecule is CCOC(=O)C(C)(C)Oc1ccc(OCCc2ccc(-c3ccc(OS(C)(=O)=O)cc3)cc2)cc1. The molecule has 3 aromatic carbocycles. The third-order valence-corrected chi connectivity index (χ3v) is 5.51. The maximum atomic E-state index is 12.0. The molecular formula is C27H30O7S. The Bertz CT molecular complexity index is 1210. The molecule has 8 heteroatoms. The molecule has 0 aliphatic carbocycles. The second kappa shape index (κ2) is 11.3. The summed E-state index contributed by atoms with van der Waals surface area (Å²) in [5.74, 6) is 1.14. The Kier molecular flexibility index (Phi) is 8.40. The van der Waals surface area contributed by atoms with Gasteiger partial charge in [0.15, 0.2) is 5.60 Å². The third kappa shape index (κ3) is 8.03. The molecule has 0 heterocycles. The highest BCUT2D eigenvalue weighted by atomic mass is 32.2. The minimum absolute atomic E-state index is 0.285. The first-order chi connectivity index (χ1) is 16.6. The predicted octanol–water partition coefficient (Wildman–Crippen LogP) is 5.03. The highest BCUT2D eigenvalue weighted by Gasteiger charge is 2.31. The smallest absolute Gasteiger partial charge is 0.349 e. The summed E-state index contributed by atoms with van der Waals surface area (Å²) in [6.45, 7) is 5.91. The van der Waals surface area contributed by atoms with Crippen LogP contribution in [-0.2, 0) is 26.1 Å². The minimum atomic E-state index is -3.54. The third-order valence-electron chi connectivity index (χ3n) is 5.01. The summed E-state index contributed by atoms with van der Waals surface area (Å²) in [6.07, 6.45) is 1.75. The van der Waals surface area contributed by atoms with Crippen LogP contribution < -0.4 is 13.7 Å². The Morgan fingerprint density at radius 1 is 0.800 bits per heavy atom. The van der Waals surface area contributed by atoms with Crippen molar-refractivity contribution < 1.29 is 31.6 Å². The Balaban J connectivity index is 1.50. The maximum absolute atomic E-state index is 12.0. The fourth-order valence-electron chi connectivity index (χ4n) is 3.27. The molecule has 186 valence electrons. The van der Waals surface area contributed by atoms with E-state index < -0.39 is 21.7 Å². The van der Waals surface area contributed by atoms with Crippen LogP contribution in [0.15, 0.2) is 72.8 Å². The van der Waals surface area contributed by atoms with Crippen LogP contribution in [0.2, 0.25) is 0 Å². The standard InChI is InChI=1S/C27H30O7S/c1-5-31-26(28)27(2,3)33-24-16-14-23(15-17-24)32-19-18-20-6-8-21(9-7-20)22-10-12-25(13-11-22)34-35(4,29)30/h6-17H,5,18-19H2,1-4H3. The van der Waals surface area contributed by atoms with Gasteiger partial charge in [-0.25, -0.2) is 4.79 Å². The molecular weight excluding hydrogens is 468 g/mol. The van der Waals surface area contributed by atoms with E-state index in [-0.39, 0.29) is 5.75 Å². The van der Waals surface area contributed by atoms with Crippen LogP contribution >= 0.6 is 0 Å². The molecule has 0 unspecified atom stereocenters. The molecule has 3 aromatic rings. The molecule has 0 saturated carbocycles. The van der Waals surface area contributed by atoms with Crippen LogP contribution in [0.25, 0.3) is 11.1 Å². The van der Waals surface area contributed by atoms with Crippen molar-refractivity contribution >= 4 is 16.1 Å². The first kappa shape index (κ1) is 26.1. The summed E-state index contributed by atoms with van der Waals surface area (Å²) < 4.78 is 44.0. The zero-order chi connectivity index (χ0) is 25.5. The van der Waals surface area contributed by atoms with Gasteiger partial charge in [-0.3, -0.25) is 0 Å². The molecule has 0 radical (unpaired) electrons. The number of benzene rings is 3. The van der Waals surface area contributed by atoms with Crippen LogP contribution in [-0.4, -0.2) is 39.5 Å². The summed E-state index contributed by atoms with van der Waals surface area (Å²) in [5.41, 5.74) is 2.03. The monoisotopic (exact) mass is 498 g/mol. The first-order valence-electron chi connectivity index (χ1n) is 11.2. The Morgan fingerprint density at radius 2 is 1.31 bits per heavy atom. The van der Waals surface area contributed by atoms with Gasteiger partial charge in [-0.05, 0) is 73.9 Å². The van der Waals surface area contributed by atoms with Gasteiger partial charge < -0.3 is 18.4 Å². The summed E-state index contributed by atoms with van der Waals surface area (Å²) >= 11 is 0. The molecule has 0 bridgehead atoms. The molecule has 0 fully saturated rings. The highest BCUT2D eigenvalue weighted by molar-refractivity contribution is 7.86. The fourth-order valence-corrected chi connectivity index (χ4v) is 3.73. The van der Waals surface area contributed by atoms with Crippen molar-refractivity contribution in [3.05, 3.63) is 78.4 Å². The average Bonchev–Trinajstić information content (AvgIpc) is 2.80. The van der Waals surface area contributed by atoms with Crippen molar-refractivity contribution in [3.63, 3.8) is 0 Å². The van der Waals surface area contributed by atoms with Gasteiger partial charge in [-0.2, -0.15) is 8.42 Å². The van der Waals surface area contributed by atoms with E-state index in [1.54, 1.807) is 57.2 Å². The molecule has 0 N–H and O–H groups in total. The van der Waals surface area contributed by atoms with Gasteiger partial charge in [0, 0.05) is 6.42 Å². The number of hydrogen-bond donors (Lipinski definition) is 0. The van der Waals surface area contributed by atoms with Crippen molar-refractivity contribution in [2.75, 3.05) is 19.5 Å². The highest BCUT2D eigenvalue weighted by Crippen LogP contribution is 2.25. The fraction of sp³-hybridized carbons (Fsp3) is 0.296. The number of hydrogen-bond acceptors (Lipinski definition) is 7. The summed E-state index contributed by atoms with van der Waals surface area (Å²) in [7, 11) is -3.54. The molecule has 0 amide bonds. The number of rotatable bonds is 11. The number of ether oxygens (including phenoxy) is 3. The first-order valence-corrected chi connectivity index (χ1v) is 13.1. The lowest BCUT2D eigenvalue weighted by Gasteiger charge is -2.24. The number of esters is 1. The zero-order valence-corrected chi connectivity index (χ0v) is 21.1. The second-order valence-corrected chi connectivity index (χ2v) is 9.99. The van der Waals surface area contributed by atoms with E-state index in [0.29, 0.717) is 24.7 Å². The molecule has 0 atom stereocenters. The summed E-state index contributed by atoms with van der Waals surface area (Å²) in [4.78, 5) is 12.0. The molecule has 0 spiro atoms. The van der Waals surface area contributed by atoms with Crippen molar-refractivity contribution in [1.29, 1.82) is 0 Å². The van der Waals surface area contributed by atoms with E-state index in [1.165, 1.54) is 0 Å². The molecule has 35 heavy (non-hydrogen) atoms. The van der Waals surface area contributed by atoms with Crippen molar-refractivity contribution in [2.45, 2.75) is 32.8 Å². The van der Waals surface area contributed by atoms with Crippen molar-refractivity contribution in [3.8, 4) is 28.4 Å². The van der Waals surface area contributed by atoms with Gasteiger partial charge in [0.1, 0.15) is 17.2 Å². The van der Waals surface area contributed by atoms with Crippen LogP contribution in [0.1, 0.15) is 26.3 Å². The van der Waals surface area contributed by atoms with Gasteiger partial charge in [-0.15, -0.1) is 0 Å². The van der Waals surface area contributed by atoms with E-state index in [4.69, 9.17) is 18.4 Å². The van der Waals surface area contributed by atoms with E-state index in [9.17, 15) is 13.2 Å². The summed E-state index contributed by atoms with van der Waals surface area (Å²) in [5, 5.41) is 0. The lowest BCUT2D eigenvalue weighted by Crippen LogP contribution is -2.39. The van der Waals surface area contributed by atoms with Crippen molar-refractivity contribution in [1.82, 2.24) is 0 Å². The molecule has 3 rings (SSSR count). The van der Waals surface area contributed by atoms with Crippen LogP contribution in [0.4, 0.5) is 0 Å². The van der Waals surface area contributed by atoms with E-state index in [1.807, 2.05) is 36.4 Å². The Labute approximate surface area is 206 Å². The molecule has 0 aliphatic heterocycles. The normalized spacial score (nSPS) is 11.5. The topological polar surface area (TPSA) is 88.1 Å². The Morgan fingerprint density at radius 3 is 1.86 bits per heavy atom. The minimum Gasteiger partial charge on any atom is -0.493 e. The largest absolute Gasteiger partial charge is 0.493 e. The van der Waals surface area contributed by atoms with Crippen LogP contribution in [0, 0.1) is 0 Å². The quantitative estimate of drug-likeness (QED) is 0.270. The predicted molar refractivity (Wildman–Crippen MR) is 134 cm³/mol. The van der Waals surface area contributed by atoms with E-state index >= 15 is 0 Å². The van der Waals surface area contributed by atoms with Gasteiger partial charge in [0.05, 0.1) is 19.5 Å². The molecule has 0 aliphatic rings. The van der Waals surface area contributed by atoms with Gasteiger partial charge >= 0.3 is 16.1 Å². The van der Waals surface area contributed by atoms with Gasteiger partial charge in [-0.1, -0.05) is 36.4 Å². The van der Waals surface area contributed by atoms with Crippen molar-refractivity contribution in [2.24, 2.45) is 0 Å². The van der Waals surface area contributed by atoms with E-state index in [2.05, 4.69) is 0 Å². The van der Waals surface area contributed by atoms with Crippen LogP contribution in [0.5, 0.6) is 17.2 Å². The zero-order valence-electron chi connectivity index (χ0n) is 20.3. The van der Waals surface area contributed by atoms with Gasteiger partial charge in [0.2, 0.25) is 0 Å². The maximum Gasteiger partial charge on any atom is 0.349 e. The molecule has 7 nitrogen and oxygen atoms in total. The number of carbonyl (C=O) groups excluding carboxylic acids is 1. The average molecular weight is 499 g/mol. The van der Waals surface area contributed by atoms with Gasteiger partial charge in [0.25, 0.3) is 0 Å². The lowest BCUT2D eigenvalue weighted by atomic mass is 10.0. The van der Waals surface area contributed by atoms with Crippen LogP contribution in [0.3, 0.4) is 0 Å². The second-order valence-electron chi connectivity index (χ2n) is 8.41. The Hall–Kier alpha value is -3.52. The number of carbonyl (C=O) groups is 1. The van der Waals surface area contributed by atoms with E-state index in [0.717, 1.165) is 29.4 Å². The lowest BCUT2D eigenvalue weighted by molar-refractivity contribution is -0.158. The molecule has 0 aromatic heterocycles. The molecule has 0 saturated heterocycles.